The maximum absolute atomic E-state index is 12.6. The molecule has 1 amide bonds. The third kappa shape index (κ3) is 2.79. The van der Waals surface area contributed by atoms with Crippen molar-refractivity contribution in [2.75, 3.05) is 5.32 Å². The van der Waals surface area contributed by atoms with Crippen LogP contribution in [0.2, 0.25) is 5.02 Å². The molecule has 0 bridgehead atoms. The number of halogens is 1. The van der Waals surface area contributed by atoms with Gasteiger partial charge in [-0.1, -0.05) is 34.0 Å². The number of anilines is 1. The second-order valence-corrected chi connectivity index (χ2v) is 5.55. The quantitative estimate of drug-likeness (QED) is 0.583. The monoisotopic (exact) mass is 356 g/mol. The number of H-pyrrole nitrogens is 1. The molecule has 0 atom stereocenters. The van der Waals surface area contributed by atoms with Crippen LogP contribution in [0.4, 0.5) is 5.69 Å². The first-order chi connectivity index (χ1) is 12.1. The third-order valence-corrected chi connectivity index (χ3v) is 3.75. The number of benzene rings is 2. The van der Waals surface area contributed by atoms with Crippen molar-refractivity contribution < 1.29 is 13.8 Å². The predicted octanol–water partition coefficient (Wildman–Crippen LogP) is 3.08. The van der Waals surface area contributed by atoms with Crippen LogP contribution < -0.4 is 11.1 Å². The molecule has 124 valence electrons. The smallest absolute Gasteiger partial charge is 0.355 e. The zero-order chi connectivity index (χ0) is 17.4. The number of carbonyl (C=O) groups is 1. The van der Waals surface area contributed by atoms with Gasteiger partial charge in [0.25, 0.3) is 5.91 Å². The fourth-order valence-corrected chi connectivity index (χ4v) is 2.57. The molecule has 0 aliphatic carbocycles. The number of hydrogen-bond donors (Lipinski definition) is 2. The highest BCUT2D eigenvalue weighted by atomic mass is 35.5. The maximum atomic E-state index is 12.6. The molecule has 2 aromatic carbocycles. The van der Waals surface area contributed by atoms with Crippen LogP contribution in [0, 0.1) is 0 Å². The maximum Gasteiger partial charge on any atom is 0.439 e. The van der Waals surface area contributed by atoms with Crippen LogP contribution in [0.15, 0.2) is 56.3 Å². The number of rotatable bonds is 3. The number of fused-ring (bicyclic) bond motifs is 1. The van der Waals surface area contributed by atoms with E-state index in [1.807, 2.05) is 0 Å². The summed E-state index contributed by atoms with van der Waals surface area (Å²) < 4.78 is 9.64. The summed E-state index contributed by atoms with van der Waals surface area (Å²) in [6.45, 7) is 0. The van der Waals surface area contributed by atoms with Crippen molar-refractivity contribution in [2.45, 2.75) is 0 Å². The topological polar surface area (TPSA) is 114 Å². The standard InChI is InChI=1S/C16H9ClN4O4/c17-8-5-6-11(10(7-8)14-19-16(23)25-21-14)18-15(22)13-9-3-1-2-4-12(9)24-20-13/h1-7H,(H,18,22)(H,19,21,23). The first-order valence-electron chi connectivity index (χ1n) is 7.13. The van der Waals surface area contributed by atoms with E-state index < -0.39 is 11.7 Å². The zero-order valence-electron chi connectivity index (χ0n) is 12.4. The molecular formula is C16H9ClN4O4. The Labute approximate surface area is 144 Å². The fourth-order valence-electron chi connectivity index (χ4n) is 2.40. The summed E-state index contributed by atoms with van der Waals surface area (Å²) in [5, 5.41) is 11.1. The summed E-state index contributed by atoms with van der Waals surface area (Å²) in [6, 6.07) is 11.7. The van der Waals surface area contributed by atoms with Gasteiger partial charge in [0.15, 0.2) is 17.1 Å². The third-order valence-electron chi connectivity index (χ3n) is 3.52. The Bertz CT molecular complexity index is 1140. The Morgan fingerprint density at radius 2 is 1.96 bits per heavy atom. The van der Waals surface area contributed by atoms with Gasteiger partial charge >= 0.3 is 5.76 Å². The van der Waals surface area contributed by atoms with E-state index in [-0.39, 0.29) is 11.5 Å². The van der Waals surface area contributed by atoms with Crippen molar-refractivity contribution in [3.63, 3.8) is 0 Å². The van der Waals surface area contributed by atoms with Crippen LogP contribution in [0.1, 0.15) is 10.5 Å². The average Bonchev–Trinajstić information content (AvgIpc) is 3.22. The number of amides is 1. The highest BCUT2D eigenvalue weighted by Crippen LogP contribution is 2.29. The molecule has 0 spiro atoms. The molecule has 0 saturated heterocycles. The van der Waals surface area contributed by atoms with Crippen molar-refractivity contribution in [3.8, 4) is 11.4 Å². The van der Waals surface area contributed by atoms with Crippen LogP contribution in [0.3, 0.4) is 0 Å². The zero-order valence-corrected chi connectivity index (χ0v) is 13.2. The molecule has 0 unspecified atom stereocenters. The van der Waals surface area contributed by atoms with Crippen molar-refractivity contribution in [3.05, 3.63) is 63.7 Å². The van der Waals surface area contributed by atoms with Gasteiger partial charge in [-0.2, -0.15) is 0 Å². The normalized spacial score (nSPS) is 10.9. The van der Waals surface area contributed by atoms with Gasteiger partial charge in [0.1, 0.15) is 0 Å². The van der Waals surface area contributed by atoms with Gasteiger partial charge in [-0.25, -0.2) is 4.79 Å². The SMILES string of the molecule is O=C(Nc1ccc(Cl)cc1-c1noc(=O)[nH]1)c1noc2ccccc12. The number of hydrogen-bond acceptors (Lipinski definition) is 6. The largest absolute Gasteiger partial charge is 0.439 e. The van der Waals surface area contributed by atoms with Crippen molar-refractivity contribution in [1.82, 2.24) is 15.3 Å². The number of para-hydroxylation sites is 1. The lowest BCUT2D eigenvalue weighted by Gasteiger charge is -2.08. The number of nitrogens with one attached hydrogen (secondary N) is 2. The molecule has 25 heavy (non-hydrogen) atoms. The summed E-state index contributed by atoms with van der Waals surface area (Å²) in [7, 11) is 0. The van der Waals surface area contributed by atoms with E-state index >= 15 is 0 Å². The van der Waals surface area contributed by atoms with E-state index in [4.69, 9.17) is 16.1 Å². The molecule has 2 aromatic heterocycles. The van der Waals surface area contributed by atoms with E-state index in [2.05, 4.69) is 25.1 Å². The lowest BCUT2D eigenvalue weighted by atomic mass is 10.1. The molecule has 0 aliphatic rings. The van der Waals surface area contributed by atoms with Crippen LogP contribution in [0.5, 0.6) is 0 Å². The molecule has 4 aromatic rings. The second kappa shape index (κ2) is 5.91. The van der Waals surface area contributed by atoms with Crippen LogP contribution in [-0.2, 0) is 0 Å². The molecule has 0 radical (unpaired) electrons. The van der Waals surface area contributed by atoms with E-state index in [1.165, 1.54) is 0 Å². The van der Waals surface area contributed by atoms with Gasteiger partial charge in [-0.3, -0.25) is 14.3 Å². The van der Waals surface area contributed by atoms with E-state index in [1.54, 1.807) is 42.5 Å². The number of carbonyl (C=O) groups excluding carboxylic acids is 1. The van der Waals surface area contributed by atoms with Crippen molar-refractivity contribution in [1.29, 1.82) is 0 Å². The van der Waals surface area contributed by atoms with Crippen molar-refractivity contribution in [2.24, 2.45) is 0 Å². The fraction of sp³-hybridized carbons (Fsp3) is 0. The number of nitrogens with zero attached hydrogens (tertiary/aromatic N) is 2. The highest BCUT2D eigenvalue weighted by molar-refractivity contribution is 6.31. The molecule has 0 saturated carbocycles. The van der Waals surface area contributed by atoms with Gasteiger partial charge in [0.05, 0.1) is 11.1 Å². The highest BCUT2D eigenvalue weighted by Gasteiger charge is 2.19. The Kier molecular flexibility index (Phi) is 3.58. The first-order valence-corrected chi connectivity index (χ1v) is 7.51. The lowest BCUT2D eigenvalue weighted by molar-refractivity contribution is 0.102. The summed E-state index contributed by atoms with van der Waals surface area (Å²) in [5.74, 6) is -1.04. The number of aromatic nitrogens is 3. The Morgan fingerprint density at radius 1 is 1.12 bits per heavy atom. The molecular weight excluding hydrogens is 348 g/mol. The molecule has 2 N–H and O–H groups in total. The minimum absolute atomic E-state index is 0.144. The molecule has 0 fully saturated rings. The van der Waals surface area contributed by atoms with Crippen LogP contribution in [0.25, 0.3) is 22.4 Å². The molecule has 4 rings (SSSR count). The van der Waals surface area contributed by atoms with Gasteiger partial charge < -0.3 is 9.84 Å². The minimum atomic E-state index is -0.713. The minimum Gasteiger partial charge on any atom is -0.355 e. The van der Waals surface area contributed by atoms with Gasteiger partial charge in [0, 0.05) is 10.6 Å². The summed E-state index contributed by atoms with van der Waals surface area (Å²) in [6.07, 6.45) is 0. The molecule has 0 aliphatic heterocycles. The van der Waals surface area contributed by atoms with Gasteiger partial charge in [0.2, 0.25) is 0 Å². The Morgan fingerprint density at radius 3 is 2.76 bits per heavy atom. The Balaban J connectivity index is 1.73. The van der Waals surface area contributed by atoms with E-state index in [0.29, 0.717) is 27.2 Å². The van der Waals surface area contributed by atoms with E-state index in [0.717, 1.165) is 0 Å². The molecule has 2 heterocycles. The van der Waals surface area contributed by atoms with E-state index in [9.17, 15) is 9.59 Å². The molecule has 8 nitrogen and oxygen atoms in total. The second-order valence-electron chi connectivity index (χ2n) is 5.12. The first kappa shape index (κ1) is 15.2. The Hall–Kier alpha value is -3.39. The van der Waals surface area contributed by atoms with Crippen LogP contribution >= 0.6 is 11.6 Å². The molecule has 9 heteroatoms. The van der Waals surface area contributed by atoms with Crippen molar-refractivity contribution >= 4 is 34.2 Å². The number of aromatic amines is 1. The predicted molar refractivity (Wildman–Crippen MR) is 89.5 cm³/mol. The average molecular weight is 357 g/mol. The summed E-state index contributed by atoms with van der Waals surface area (Å²) in [5.41, 5.74) is 1.43. The summed E-state index contributed by atoms with van der Waals surface area (Å²) in [4.78, 5) is 26.2. The summed E-state index contributed by atoms with van der Waals surface area (Å²) >= 11 is 6.00. The van der Waals surface area contributed by atoms with Gasteiger partial charge in [-0.15, -0.1) is 0 Å². The van der Waals surface area contributed by atoms with Gasteiger partial charge in [-0.05, 0) is 30.3 Å². The van der Waals surface area contributed by atoms with Crippen LogP contribution in [-0.4, -0.2) is 21.2 Å². The lowest BCUT2D eigenvalue weighted by Crippen LogP contribution is -2.13.